The van der Waals surface area contributed by atoms with E-state index in [-0.39, 0.29) is 10.8 Å². The summed E-state index contributed by atoms with van der Waals surface area (Å²) in [6, 6.07) is 4.02. The van der Waals surface area contributed by atoms with Crippen LogP contribution in [-0.2, 0) is 15.9 Å². The molecule has 1 aliphatic heterocycles. The van der Waals surface area contributed by atoms with E-state index >= 15 is 0 Å². The highest BCUT2D eigenvalue weighted by atomic mass is 35.5. The molecule has 0 bridgehead atoms. The molecule has 1 heterocycles. The van der Waals surface area contributed by atoms with Gasteiger partial charge in [0.2, 0.25) is 10.0 Å². The van der Waals surface area contributed by atoms with E-state index in [0.29, 0.717) is 30.5 Å². The fourth-order valence-electron chi connectivity index (χ4n) is 2.75. The molecule has 2 rings (SSSR count). The van der Waals surface area contributed by atoms with Crippen molar-refractivity contribution in [1.29, 1.82) is 0 Å². The highest BCUT2D eigenvalue weighted by Gasteiger charge is 2.32. The van der Waals surface area contributed by atoms with E-state index in [2.05, 4.69) is 13.8 Å². The first kappa shape index (κ1) is 16.7. The summed E-state index contributed by atoms with van der Waals surface area (Å²) in [5, 5.41) is 0. The third kappa shape index (κ3) is 3.58. The third-order valence-corrected chi connectivity index (χ3v) is 6.43. The van der Waals surface area contributed by atoms with Gasteiger partial charge in [0.05, 0.1) is 0 Å². The molecule has 6 heteroatoms. The maximum Gasteiger partial charge on any atom is 0.245 e. The number of halogens is 2. The summed E-state index contributed by atoms with van der Waals surface area (Å²) in [6.45, 7) is 5.21. The van der Waals surface area contributed by atoms with Gasteiger partial charge in [0, 0.05) is 19.0 Å². The number of sulfonamides is 1. The average molecular weight is 334 g/mol. The van der Waals surface area contributed by atoms with E-state index < -0.39 is 15.8 Å². The van der Waals surface area contributed by atoms with Crippen molar-refractivity contribution in [3.8, 4) is 0 Å². The van der Waals surface area contributed by atoms with Gasteiger partial charge >= 0.3 is 0 Å². The van der Waals surface area contributed by atoms with Crippen molar-refractivity contribution >= 4 is 21.6 Å². The maximum absolute atomic E-state index is 13.9. The van der Waals surface area contributed by atoms with Crippen LogP contribution in [0.2, 0.25) is 0 Å². The smallest absolute Gasteiger partial charge is 0.207 e. The molecule has 0 aromatic heterocycles. The van der Waals surface area contributed by atoms with E-state index in [0.717, 1.165) is 12.8 Å². The summed E-state index contributed by atoms with van der Waals surface area (Å²) < 4.78 is 40.5. The van der Waals surface area contributed by atoms with Crippen molar-refractivity contribution in [2.75, 3.05) is 13.1 Å². The van der Waals surface area contributed by atoms with Crippen LogP contribution in [0.25, 0.3) is 0 Å². The predicted molar refractivity (Wildman–Crippen MR) is 82.3 cm³/mol. The molecule has 0 N–H and O–H groups in total. The average Bonchev–Trinajstić information content (AvgIpc) is 2.47. The highest BCUT2D eigenvalue weighted by molar-refractivity contribution is 7.89. The second-order valence-corrected chi connectivity index (χ2v) is 8.06. The van der Waals surface area contributed by atoms with Crippen molar-refractivity contribution in [2.24, 2.45) is 11.8 Å². The Bertz CT molecular complexity index is 596. The van der Waals surface area contributed by atoms with Crippen molar-refractivity contribution in [3.63, 3.8) is 0 Å². The molecule has 3 nitrogen and oxygen atoms in total. The number of alkyl halides is 1. The molecule has 0 amide bonds. The molecular weight excluding hydrogens is 313 g/mol. The first-order valence-electron chi connectivity index (χ1n) is 7.20. The Morgan fingerprint density at radius 2 is 1.95 bits per heavy atom. The minimum absolute atomic E-state index is 0.165. The Kier molecular flexibility index (Phi) is 5.28. The zero-order chi connectivity index (χ0) is 15.6. The lowest BCUT2D eigenvalue weighted by Gasteiger charge is -2.33. The number of hydrogen-bond donors (Lipinski definition) is 0. The summed E-state index contributed by atoms with van der Waals surface area (Å²) in [6.07, 6.45) is 1.65. The normalized spacial score (nSPS) is 18.3. The fraction of sp³-hybridized carbons (Fsp3) is 0.600. The first-order valence-corrected chi connectivity index (χ1v) is 9.18. The number of rotatable bonds is 4. The monoisotopic (exact) mass is 333 g/mol. The molecule has 118 valence electrons. The lowest BCUT2D eigenvalue weighted by Crippen LogP contribution is -2.39. The zero-order valence-corrected chi connectivity index (χ0v) is 13.9. The Labute approximate surface area is 131 Å². The summed E-state index contributed by atoms with van der Waals surface area (Å²) in [5.41, 5.74) is 0.605. The zero-order valence-electron chi connectivity index (χ0n) is 12.4. The van der Waals surface area contributed by atoms with Gasteiger partial charge in [-0.2, -0.15) is 4.31 Å². The first-order chi connectivity index (χ1) is 9.86. The standard InChI is InChI=1S/C15H21ClFNO2S/c1-11(2)13-5-7-18(8-6-13)21(19,20)15-9-12(10-16)3-4-14(15)17/h3-4,9,11,13H,5-8,10H2,1-2H3. The van der Waals surface area contributed by atoms with Crippen molar-refractivity contribution in [2.45, 2.75) is 37.5 Å². The van der Waals surface area contributed by atoms with E-state index in [9.17, 15) is 12.8 Å². The molecule has 1 aromatic carbocycles. The van der Waals surface area contributed by atoms with Gasteiger partial charge in [0.15, 0.2) is 0 Å². The Hall–Kier alpha value is -0.650. The predicted octanol–water partition coefficient (Wildman–Crippen LogP) is 3.62. The van der Waals surface area contributed by atoms with Crippen molar-refractivity contribution in [1.82, 2.24) is 4.31 Å². The quantitative estimate of drug-likeness (QED) is 0.789. The number of piperidine rings is 1. The highest BCUT2D eigenvalue weighted by Crippen LogP contribution is 2.29. The van der Waals surface area contributed by atoms with E-state index in [1.165, 1.54) is 22.5 Å². The lowest BCUT2D eigenvalue weighted by molar-refractivity contribution is 0.226. The molecule has 1 aromatic rings. The molecule has 1 saturated heterocycles. The van der Waals surface area contributed by atoms with E-state index in [4.69, 9.17) is 11.6 Å². The lowest BCUT2D eigenvalue weighted by atomic mass is 9.87. The van der Waals surface area contributed by atoms with Crippen LogP contribution < -0.4 is 0 Å². The molecule has 1 fully saturated rings. The molecule has 0 saturated carbocycles. The van der Waals surface area contributed by atoms with Crippen LogP contribution in [0.5, 0.6) is 0 Å². The van der Waals surface area contributed by atoms with Crippen LogP contribution in [0.3, 0.4) is 0 Å². The number of benzene rings is 1. The van der Waals surface area contributed by atoms with Gasteiger partial charge < -0.3 is 0 Å². The number of nitrogens with zero attached hydrogens (tertiary/aromatic N) is 1. The van der Waals surface area contributed by atoms with Gasteiger partial charge in [-0.15, -0.1) is 11.6 Å². The van der Waals surface area contributed by atoms with Gasteiger partial charge in [0.25, 0.3) is 0 Å². The SMILES string of the molecule is CC(C)C1CCN(S(=O)(=O)c2cc(CCl)ccc2F)CC1. The molecule has 0 unspecified atom stereocenters. The minimum atomic E-state index is -3.77. The molecule has 21 heavy (non-hydrogen) atoms. The van der Waals surface area contributed by atoms with Crippen LogP contribution >= 0.6 is 11.6 Å². The number of hydrogen-bond acceptors (Lipinski definition) is 2. The van der Waals surface area contributed by atoms with E-state index in [1.54, 1.807) is 0 Å². The van der Waals surface area contributed by atoms with Crippen LogP contribution in [0.15, 0.2) is 23.1 Å². The van der Waals surface area contributed by atoms with Gasteiger partial charge in [-0.25, -0.2) is 12.8 Å². The second-order valence-electron chi connectivity index (χ2n) is 5.88. The summed E-state index contributed by atoms with van der Waals surface area (Å²) >= 11 is 5.71. The van der Waals surface area contributed by atoms with Crippen LogP contribution in [0.4, 0.5) is 4.39 Å². The molecule has 1 aliphatic rings. The van der Waals surface area contributed by atoms with Crippen molar-refractivity contribution in [3.05, 3.63) is 29.6 Å². The Morgan fingerprint density at radius 3 is 2.48 bits per heavy atom. The Balaban J connectivity index is 2.23. The van der Waals surface area contributed by atoms with Gasteiger partial charge in [-0.1, -0.05) is 19.9 Å². The largest absolute Gasteiger partial charge is 0.245 e. The molecular formula is C15H21ClFNO2S. The van der Waals surface area contributed by atoms with Crippen molar-refractivity contribution < 1.29 is 12.8 Å². The fourth-order valence-corrected chi connectivity index (χ4v) is 4.50. The molecule has 0 atom stereocenters. The molecule has 0 aliphatic carbocycles. The molecule has 0 spiro atoms. The summed E-state index contributed by atoms with van der Waals surface area (Å²) in [4.78, 5) is -0.261. The topological polar surface area (TPSA) is 37.4 Å². The van der Waals surface area contributed by atoms with Gasteiger partial charge in [-0.3, -0.25) is 0 Å². The second kappa shape index (κ2) is 6.63. The van der Waals surface area contributed by atoms with Crippen LogP contribution in [-0.4, -0.2) is 25.8 Å². The van der Waals surface area contributed by atoms with Gasteiger partial charge in [0.1, 0.15) is 10.7 Å². The Morgan fingerprint density at radius 1 is 1.33 bits per heavy atom. The summed E-state index contributed by atoms with van der Waals surface area (Å²) in [5.74, 6) is 0.537. The van der Waals surface area contributed by atoms with Gasteiger partial charge in [-0.05, 0) is 42.4 Å². The van der Waals surface area contributed by atoms with Crippen LogP contribution in [0.1, 0.15) is 32.3 Å². The maximum atomic E-state index is 13.9. The van der Waals surface area contributed by atoms with Crippen LogP contribution in [0, 0.1) is 17.7 Å². The third-order valence-electron chi connectivity index (χ3n) is 4.21. The summed E-state index contributed by atoms with van der Waals surface area (Å²) in [7, 11) is -3.77. The van der Waals surface area contributed by atoms with E-state index in [1.807, 2.05) is 0 Å². The minimum Gasteiger partial charge on any atom is -0.207 e. The molecule has 0 radical (unpaired) electrons.